The Morgan fingerprint density at radius 1 is 1.37 bits per heavy atom. The van der Waals surface area contributed by atoms with E-state index in [1.165, 1.54) is 11.6 Å². The average molecular weight is 370 g/mol. The van der Waals surface area contributed by atoms with Crippen LogP contribution in [0.3, 0.4) is 0 Å². The zero-order valence-corrected chi connectivity index (χ0v) is 13.4. The first-order valence-electron chi connectivity index (χ1n) is 6.44. The van der Waals surface area contributed by atoms with Gasteiger partial charge >= 0.3 is 0 Å². The number of halogens is 1. The largest absolute Gasteiger partial charge is 0.508 e. The highest BCUT2D eigenvalue weighted by molar-refractivity contribution is 14.1. The normalized spacial score (nSPS) is 23.0. The molecule has 0 aliphatic heterocycles. The summed E-state index contributed by atoms with van der Waals surface area (Å²) >= 11 is 2.18. The fraction of sp³-hybridized carbons (Fsp3) is 0.375. The summed E-state index contributed by atoms with van der Waals surface area (Å²) in [5.41, 5.74) is 3.41. The third-order valence-corrected chi connectivity index (χ3v) is 4.70. The molecule has 0 spiro atoms. The maximum Gasteiger partial charge on any atom is 0.124 e. The molecule has 0 heterocycles. The second kappa shape index (κ2) is 5.57. The van der Waals surface area contributed by atoms with Gasteiger partial charge in [-0.3, -0.25) is 0 Å². The second-order valence-electron chi connectivity index (χ2n) is 5.39. The molecular weight excluding hydrogens is 351 g/mol. The van der Waals surface area contributed by atoms with E-state index in [0.717, 1.165) is 27.5 Å². The van der Waals surface area contributed by atoms with Crippen LogP contribution < -0.4 is 0 Å². The Labute approximate surface area is 128 Å². The van der Waals surface area contributed by atoms with E-state index in [0.29, 0.717) is 5.92 Å². The Hall–Kier alpha value is -0.970. The van der Waals surface area contributed by atoms with E-state index < -0.39 is 0 Å². The summed E-state index contributed by atoms with van der Waals surface area (Å²) in [5, 5.41) is 19.7. The first kappa shape index (κ1) is 14.4. The van der Waals surface area contributed by atoms with E-state index in [1.807, 2.05) is 0 Å². The summed E-state index contributed by atoms with van der Waals surface area (Å²) in [6.45, 7) is 8.28. The molecule has 0 unspecified atom stereocenters. The summed E-state index contributed by atoms with van der Waals surface area (Å²) in [6, 6.07) is 3.12. The van der Waals surface area contributed by atoms with Crippen LogP contribution in [0.4, 0.5) is 0 Å². The Bertz CT molecular complexity index is 523. The SMILES string of the molecule is C=C(C)[C@@H]1CCC(C)=C[C@H]1c1c(O)cc(O)cc1I. The van der Waals surface area contributed by atoms with E-state index in [1.54, 1.807) is 6.07 Å². The van der Waals surface area contributed by atoms with E-state index in [4.69, 9.17) is 0 Å². The van der Waals surface area contributed by atoms with Gasteiger partial charge in [-0.25, -0.2) is 0 Å². The number of allylic oxidation sites excluding steroid dienone is 3. The molecule has 2 atom stereocenters. The second-order valence-corrected chi connectivity index (χ2v) is 6.55. The number of hydrogen-bond donors (Lipinski definition) is 2. The van der Waals surface area contributed by atoms with Gasteiger partial charge in [0.1, 0.15) is 11.5 Å². The van der Waals surface area contributed by atoms with Crippen molar-refractivity contribution in [1.82, 2.24) is 0 Å². The molecule has 0 bridgehead atoms. The van der Waals surface area contributed by atoms with Gasteiger partial charge in [0.2, 0.25) is 0 Å². The topological polar surface area (TPSA) is 40.5 Å². The van der Waals surface area contributed by atoms with Gasteiger partial charge in [0.05, 0.1) is 0 Å². The molecule has 2 nitrogen and oxygen atoms in total. The van der Waals surface area contributed by atoms with Gasteiger partial charge in [-0.1, -0.05) is 23.8 Å². The van der Waals surface area contributed by atoms with Crippen molar-refractivity contribution in [1.29, 1.82) is 0 Å². The highest BCUT2D eigenvalue weighted by Gasteiger charge is 2.29. The van der Waals surface area contributed by atoms with E-state index in [2.05, 4.69) is 49.1 Å². The molecule has 1 aliphatic rings. The molecule has 0 fully saturated rings. The van der Waals surface area contributed by atoms with Crippen molar-refractivity contribution in [3.8, 4) is 11.5 Å². The van der Waals surface area contributed by atoms with E-state index in [-0.39, 0.29) is 17.4 Å². The molecule has 3 heteroatoms. The third kappa shape index (κ3) is 2.96. The number of phenolic OH excluding ortho intramolecular Hbond substituents is 2. The maximum absolute atomic E-state index is 10.2. The summed E-state index contributed by atoms with van der Waals surface area (Å²) in [5.74, 6) is 0.784. The van der Waals surface area contributed by atoms with Crippen molar-refractivity contribution in [2.24, 2.45) is 5.92 Å². The summed E-state index contributed by atoms with van der Waals surface area (Å²) in [4.78, 5) is 0. The first-order valence-corrected chi connectivity index (χ1v) is 7.52. The molecule has 2 rings (SSSR count). The minimum Gasteiger partial charge on any atom is -0.508 e. The minimum atomic E-state index is 0.106. The molecule has 19 heavy (non-hydrogen) atoms. The number of hydrogen-bond acceptors (Lipinski definition) is 2. The quantitative estimate of drug-likeness (QED) is 0.584. The predicted octanol–water partition coefficient (Wildman–Crippen LogP) is 4.72. The Morgan fingerprint density at radius 2 is 2.05 bits per heavy atom. The van der Waals surface area contributed by atoms with Crippen molar-refractivity contribution in [3.05, 3.63) is 45.1 Å². The lowest BCUT2D eigenvalue weighted by Crippen LogP contribution is -2.17. The monoisotopic (exact) mass is 370 g/mol. The molecular formula is C16H19IO2. The van der Waals surface area contributed by atoms with E-state index in [9.17, 15) is 10.2 Å². The smallest absolute Gasteiger partial charge is 0.124 e. The van der Waals surface area contributed by atoms with Gasteiger partial charge in [-0.15, -0.1) is 0 Å². The molecule has 1 aromatic rings. The zero-order valence-electron chi connectivity index (χ0n) is 11.3. The van der Waals surface area contributed by atoms with Crippen LogP contribution in [-0.2, 0) is 0 Å². The fourth-order valence-electron chi connectivity index (χ4n) is 2.83. The van der Waals surface area contributed by atoms with Crippen LogP contribution >= 0.6 is 22.6 Å². The van der Waals surface area contributed by atoms with Crippen molar-refractivity contribution >= 4 is 22.6 Å². The lowest BCUT2D eigenvalue weighted by atomic mass is 9.74. The lowest BCUT2D eigenvalue weighted by molar-refractivity contribution is 0.424. The fourth-order valence-corrected chi connectivity index (χ4v) is 3.78. The Balaban J connectivity index is 2.54. The van der Waals surface area contributed by atoms with Crippen LogP contribution in [0.5, 0.6) is 11.5 Å². The van der Waals surface area contributed by atoms with Gasteiger partial charge in [0, 0.05) is 21.1 Å². The Morgan fingerprint density at radius 3 is 2.63 bits per heavy atom. The van der Waals surface area contributed by atoms with Gasteiger partial charge in [0.15, 0.2) is 0 Å². The van der Waals surface area contributed by atoms with Gasteiger partial charge in [-0.05, 0) is 61.3 Å². The molecule has 0 aromatic heterocycles. The van der Waals surface area contributed by atoms with Gasteiger partial charge in [0.25, 0.3) is 0 Å². The first-order chi connectivity index (χ1) is 8.90. The minimum absolute atomic E-state index is 0.106. The number of rotatable bonds is 2. The molecule has 1 aliphatic carbocycles. The lowest BCUT2D eigenvalue weighted by Gasteiger charge is -2.31. The summed E-state index contributed by atoms with van der Waals surface area (Å²) in [7, 11) is 0. The molecule has 0 saturated heterocycles. The van der Waals surface area contributed by atoms with Gasteiger partial charge in [-0.2, -0.15) is 0 Å². The van der Waals surface area contributed by atoms with E-state index >= 15 is 0 Å². The Kier molecular flexibility index (Phi) is 4.23. The molecule has 102 valence electrons. The standard InChI is InChI=1S/C16H19IO2/c1-9(2)12-5-4-10(3)6-13(12)16-14(17)7-11(18)8-15(16)19/h6-8,12-13,18-19H,1,4-5H2,2-3H3/t12-,13+/m0/s1. The number of aromatic hydroxyl groups is 2. The van der Waals surface area contributed by atoms with Crippen LogP contribution in [0.25, 0.3) is 0 Å². The third-order valence-electron chi connectivity index (χ3n) is 3.81. The van der Waals surface area contributed by atoms with Crippen LogP contribution in [0.15, 0.2) is 35.9 Å². The average Bonchev–Trinajstić information content (AvgIpc) is 2.27. The predicted molar refractivity (Wildman–Crippen MR) is 86.5 cm³/mol. The highest BCUT2D eigenvalue weighted by Crippen LogP contribution is 2.45. The van der Waals surface area contributed by atoms with Crippen molar-refractivity contribution < 1.29 is 10.2 Å². The van der Waals surface area contributed by atoms with Gasteiger partial charge < -0.3 is 10.2 Å². The van der Waals surface area contributed by atoms with Crippen molar-refractivity contribution in [3.63, 3.8) is 0 Å². The molecule has 0 saturated carbocycles. The molecule has 1 aromatic carbocycles. The number of benzene rings is 1. The number of phenols is 2. The van der Waals surface area contributed by atoms with Crippen LogP contribution in [0.1, 0.15) is 38.2 Å². The molecule has 0 amide bonds. The summed E-state index contributed by atoms with van der Waals surface area (Å²) < 4.78 is 0.900. The van der Waals surface area contributed by atoms with Crippen molar-refractivity contribution in [2.45, 2.75) is 32.6 Å². The van der Waals surface area contributed by atoms with Crippen LogP contribution in [0.2, 0.25) is 0 Å². The summed E-state index contributed by atoms with van der Waals surface area (Å²) in [6.07, 6.45) is 4.39. The maximum atomic E-state index is 10.2. The van der Waals surface area contributed by atoms with Crippen LogP contribution in [0, 0.1) is 9.49 Å². The van der Waals surface area contributed by atoms with Crippen molar-refractivity contribution in [2.75, 3.05) is 0 Å². The molecule has 2 N–H and O–H groups in total. The molecule has 0 radical (unpaired) electrons. The zero-order chi connectivity index (χ0) is 14.2. The van der Waals surface area contributed by atoms with Crippen LogP contribution in [-0.4, -0.2) is 10.2 Å². The highest BCUT2D eigenvalue weighted by atomic mass is 127.